The van der Waals surface area contributed by atoms with E-state index < -0.39 is 5.54 Å². The number of hydrogen-bond acceptors (Lipinski definition) is 4. The van der Waals surface area contributed by atoms with Crippen molar-refractivity contribution in [1.82, 2.24) is 4.90 Å². The van der Waals surface area contributed by atoms with Crippen LogP contribution >= 0.6 is 0 Å². The molecule has 1 heterocycles. The molecule has 5 nitrogen and oxygen atoms in total. The molecule has 0 aromatic rings. The molecule has 3 N–H and O–H groups in total. The van der Waals surface area contributed by atoms with Gasteiger partial charge in [0.2, 0.25) is 5.91 Å². The van der Waals surface area contributed by atoms with Gasteiger partial charge in [0.1, 0.15) is 5.54 Å². The standard InChI is InChI=1S/C16H30N2O3/c1-4-21-13-10-16(17,15(13,2)3)14(20)18-9-7-5-6-8-12(18)11-19/h12-13,19H,4-11,17H2,1-3H3. The molecule has 21 heavy (non-hydrogen) atoms. The van der Waals surface area contributed by atoms with E-state index in [0.29, 0.717) is 19.6 Å². The molecule has 0 radical (unpaired) electrons. The summed E-state index contributed by atoms with van der Waals surface area (Å²) in [5.74, 6) is -0.00981. The minimum Gasteiger partial charge on any atom is -0.394 e. The van der Waals surface area contributed by atoms with Gasteiger partial charge in [-0.25, -0.2) is 0 Å². The zero-order chi connectivity index (χ0) is 15.7. The third-order valence-corrected chi connectivity index (χ3v) is 5.56. The molecule has 122 valence electrons. The maximum atomic E-state index is 13.0. The van der Waals surface area contributed by atoms with Crippen LogP contribution in [0.5, 0.6) is 0 Å². The number of rotatable bonds is 4. The third kappa shape index (κ3) is 2.71. The Kier molecular flexibility index (Phi) is 4.96. The Hall–Kier alpha value is -0.650. The smallest absolute Gasteiger partial charge is 0.243 e. The summed E-state index contributed by atoms with van der Waals surface area (Å²) in [4.78, 5) is 14.9. The van der Waals surface area contributed by atoms with Crippen LogP contribution in [-0.4, -0.2) is 53.4 Å². The van der Waals surface area contributed by atoms with Crippen molar-refractivity contribution in [2.24, 2.45) is 11.1 Å². The molecule has 5 heteroatoms. The molecule has 1 aliphatic carbocycles. The van der Waals surface area contributed by atoms with Crippen molar-refractivity contribution in [3.8, 4) is 0 Å². The van der Waals surface area contributed by atoms with Gasteiger partial charge < -0.3 is 20.5 Å². The van der Waals surface area contributed by atoms with E-state index in [2.05, 4.69) is 0 Å². The van der Waals surface area contributed by atoms with E-state index >= 15 is 0 Å². The van der Waals surface area contributed by atoms with Crippen LogP contribution in [0.2, 0.25) is 0 Å². The van der Waals surface area contributed by atoms with Gasteiger partial charge in [-0.3, -0.25) is 4.79 Å². The number of amides is 1. The first-order chi connectivity index (χ1) is 9.88. The molecule has 1 amide bonds. The minimum atomic E-state index is -0.870. The van der Waals surface area contributed by atoms with Crippen LogP contribution in [0, 0.1) is 5.41 Å². The SMILES string of the molecule is CCOC1CC(N)(C(=O)N2CCCCCC2CO)C1(C)C. The zero-order valence-corrected chi connectivity index (χ0v) is 13.6. The lowest BCUT2D eigenvalue weighted by molar-refractivity contribution is -0.181. The quantitative estimate of drug-likeness (QED) is 0.820. The summed E-state index contributed by atoms with van der Waals surface area (Å²) in [7, 11) is 0. The molecular formula is C16H30N2O3. The number of carbonyl (C=O) groups is 1. The van der Waals surface area contributed by atoms with Crippen molar-refractivity contribution < 1.29 is 14.6 Å². The lowest BCUT2D eigenvalue weighted by atomic mass is 9.54. The molecule has 2 fully saturated rings. The van der Waals surface area contributed by atoms with Gasteiger partial charge in [-0.1, -0.05) is 26.7 Å². The fourth-order valence-corrected chi connectivity index (χ4v) is 3.69. The second-order valence-electron chi connectivity index (χ2n) is 7.03. The van der Waals surface area contributed by atoms with Crippen LogP contribution in [0.25, 0.3) is 0 Å². The van der Waals surface area contributed by atoms with Crippen LogP contribution in [0.3, 0.4) is 0 Å². The average Bonchev–Trinajstić information content (AvgIpc) is 2.71. The second-order valence-corrected chi connectivity index (χ2v) is 7.03. The monoisotopic (exact) mass is 298 g/mol. The average molecular weight is 298 g/mol. The van der Waals surface area contributed by atoms with Gasteiger partial charge in [0.25, 0.3) is 0 Å². The topological polar surface area (TPSA) is 75.8 Å². The molecule has 1 aliphatic heterocycles. The molecule has 0 spiro atoms. The fourth-order valence-electron chi connectivity index (χ4n) is 3.69. The van der Waals surface area contributed by atoms with Gasteiger partial charge in [0.05, 0.1) is 18.8 Å². The van der Waals surface area contributed by atoms with E-state index in [9.17, 15) is 9.90 Å². The summed E-state index contributed by atoms with van der Waals surface area (Å²) in [5, 5.41) is 9.60. The highest BCUT2D eigenvalue weighted by Gasteiger charge is 2.64. The fraction of sp³-hybridized carbons (Fsp3) is 0.938. The Labute approximate surface area is 127 Å². The molecule has 3 unspecified atom stereocenters. The number of nitrogens with two attached hydrogens (primary N) is 1. The predicted octanol–water partition coefficient (Wildman–Crippen LogP) is 1.28. The van der Waals surface area contributed by atoms with Gasteiger partial charge >= 0.3 is 0 Å². The van der Waals surface area contributed by atoms with Crippen molar-refractivity contribution in [2.75, 3.05) is 19.8 Å². The highest BCUT2D eigenvalue weighted by atomic mass is 16.5. The Bertz CT molecular complexity index is 386. The number of carbonyl (C=O) groups excluding carboxylic acids is 1. The second kappa shape index (κ2) is 6.23. The Morgan fingerprint density at radius 1 is 1.38 bits per heavy atom. The van der Waals surface area contributed by atoms with Crippen molar-refractivity contribution >= 4 is 5.91 Å². The molecule has 2 aliphatic rings. The van der Waals surface area contributed by atoms with Crippen LogP contribution in [0.1, 0.15) is 52.9 Å². The number of likely N-dealkylation sites (tertiary alicyclic amines) is 1. The normalized spacial score (nSPS) is 36.0. The highest BCUT2D eigenvalue weighted by Crippen LogP contribution is 2.50. The van der Waals surface area contributed by atoms with E-state index in [-0.39, 0.29) is 30.1 Å². The zero-order valence-electron chi connectivity index (χ0n) is 13.6. The summed E-state index contributed by atoms with van der Waals surface area (Å²) >= 11 is 0. The Morgan fingerprint density at radius 2 is 2.10 bits per heavy atom. The van der Waals surface area contributed by atoms with E-state index in [4.69, 9.17) is 10.5 Å². The first kappa shape index (κ1) is 16.7. The van der Waals surface area contributed by atoms with Gasteiger partial charge in [-0.2, -0.15) is 0 Å². The van der Waals surface area contributed by atoms with Gasteiger partial charge in [-0.15, -0.1) is 0 Å². The number of ether oxygens (including phenoxy) is 1. The summed E-state index contributed by atoms with van der Waals surface area (Å²) in [5.41, 5.74) is 5.25. The Morgan fingerprint density at radius 3 is 2.67 bits per heavy atom. The molecule has 1 saturated heterocycles. The summed E-state index contributed by atoms with van der Waals surface area (Å²) in [6, 6.07) is -0.0811. The summed E-state index contributed by atoms with van der Waals surface area (Å²) in [6.07, 6.45) is 4.65. The van der Waals surface area contributed by atoms with Crippen molar-refractivity contribution in [1.29, 1.82) is 0 Å². The molecule has 3 atom stereocenters. The summed E-state index contributed by atoms with van der Waals surface area (Å²) < 4.78 is 5.70. The Balaban J connectivity index is 2.14. The molecule has 0 aromatic carbocycles. The van der Waals surface area contributed by atoms with E-state index in [0.717, 1.165) is 25.7 Å². The third-order valence-electron chi connectivity index (χ3n) is 5.56. The van der Waals surface area contributed by atoms with Gasteiger partial charge in [0.15, 0.2) is 0 Å². The van der Waals surface area contributed by atoms with Crippen molar-refractivity contribution in [3.63, 3.8) is 0 Å². The first-order valence-corrected chi connectivity index (χ1v) is 8.21. The van der Waals surface area contributed by atoms with E-state index in [1.165, 1.54) is 0 Å². The van der Waals surface area contributed by atoms with Gasteiger partial charge in [-0.05, 0) is 19.8 Å². The number of aliphatic hydroxyl groups excluding tert-OH is 1. The maximum absolute atomic E-state index is 13.0. The number of aliphatic hydroxyl groups is 1. The summed E-state index contributed by atoms with van der Waals surface area (Å²) in [6.45, 7) is 7.36. The highest BCUT2D eigenvalue weighted by molar-refractivity contribution is 5.89. The van der Waals surface area contributed by atoms with Crippen molar-refractivity contribution in [3.05, 3.63) is 0 Å². The molecule has 0 aromatic heterocycles. The van der Waals surface area contributed by atoms with Crippen LogP contribution in [-0.2, 0) is 9.53 Å². The first-order valence-electron chi connectivity index (χ1n) is 8.21. The van der Waals surface area contributed by atoms with Crippen LogP contribution < -0.4 is 5.73 Å². The van der Waals surface area contributed by atoms with Crippen LogP contribution in [0.15, 0.2) is 0 Å². The van der Waals surface area contributed by atoms with E-state index in [1.54, 1.807) is 0 Å². The molecule has 2 rings (SSSR count). The largest absolute Gasteiger partial charge is 0.394 e. The van der Waals surface area contributed by atoms with Crippen molar-refractivity contribution in [2.45, 2.75) is 70.6 Å². The number of nitrogens with zero attached hydrogens (tertiary/aromatic N) is 1. The van der Waals surface area contributed by atoms with E-state index in [1.807, 2.05) is 25.7 Å². The van der Waals surface area contributed by atoms with Gasteiger partial charge in [0, 0.05) is 25.0 Å². The van der Waals surface area contributed by atoms with Crippen LogP contribution in [0.4, 0.5) is 0 Å². The molecular weight excluding hydrogens is 268 g/mol. The maximum Gasteiger partial charge on any atom is 0.243 e. The minimum absolute atomic E-state index is 0.00981. The molecule has 0 bridgehead atoms. The molecule has 1 saturated carbocycles. The predicted molar refractivity (Wildman–Crippen MR) is 81.8 cm³/mol. The lowest BCUT2D eigenvalue weighted by Crippen LogP contribution is -2.76. The lowest BCUT2D eigenvalue weighted by Gasteiger charge is -2.59. The number of hydrogen-bond donors (Lipinski definition) is 2.